The van der Waals surface area contributed by atoms with Crippen molar-refractivity contribution in [3.8, 4) is 5.75 Å². The van der Waals surface area contributed by atoms with Crippen LogP contribution in [0.25, 0.3) is 5.57 Å². The molecule has 1 aliphatic rings. The normalized spacial score (nSPS) is 14.3. The van der Waals surface area contributed by atoms with E-state index in [4.69, 9.17) is 0 Å². The molecule has 3 rings (SSSR count). The van der Waals surface area contributed by atoms with E-state index in [9.17, 15) is 9.90 Å². The molecule has 0 spiro atoms. The number of benzene rings is 1. The van der Waals surface area contributed by atoms with Gasteiger partial charge in [-0.25, -0.2) is 4.79 Å². The van der Waals surface area contributed by atoms with Gasteiger partial charge in [-0.15, -0.1) is 0 Å². The molecule has 1 aromatic carbocycles. The van der Waals surface area contributed by atoms with Gasteiger partial charge >= 0.3 is 6.03 Å². The van der Waals surface area contributed by atoms with Crippen molar-refractivity contribution in [2.45, 2.75) is 26.2 Å². The summed E-state index contributed by atoms with van der Waals surface area (Å²) in [5, 5.41) is 19.3. The van der Waals surface area contributed by atoms with E-state index in [-0.39, 0.29) is 11.8 Å². The van der Waals surface area contributed by atoms with Gasteiger partial charge in [0, 0.05) is 25.3 Å². The molecule has 25 heavy (non-hydrogen) atoms. The first kappa shape index (κ1) is 17.1. The lowest BCUT2D eigenvalue weighted by atomic mass is 9.99. The molecule has 132 valence electrons. The van der Waals surface area contributed by atoms with Crippen LogP contribution in [-0.2, 0) is 6.42 Å². The van der Waals surface area contributed by atoms with Gasteiger partial charge in [-0.2, -0.15) is 5.10 Å². The molecule has 2 amide bonds. The van der Waals surface area contributed by atoms with E-state index in [1.54, 1.807) is 12.1 Å². The van der Waals surface area contributed by atoms with E-state index in [0.29, 0.717) is 19.6 Å². The molecule has 2 heterocycles. The maximum Gasteiger partial charge on any atom is 0.317 e. The molecule has 0 unspecified atom stereocenters. The average Bonchev–Trinajstić information content (AvgIpc) is 3.04. The predicted molar refractivity (Wildman–Crippen MR) is 97.3 cm³/mol. The molecule has 3 N–H and O–H groups in total. The van der Waals surface area contributed by atoms with Gasteiger partial charge in [0.2, 0.25) is 0 Å². The van der Waals surface area contributed by atoms with Crippen LogP contribution < -0.4 is 5.32 Å². The van der Waals surface area contributed by atoms with Crippen molar-refractivity contribution in [3.05, 3.63) is 53.4 Å². The summed E-state index contributed by atoms with van der Waals surface area (Å²) in [5.41, 5.74) is 4.62. The Bertz CT molecular complexity index is 749. The van der Waals surface area contributed by atoms with Gasteiger partial charge in [0.25, 0.3) is 0 Å². The fraction of sp³-hybridized carbons (Fsp3) is 0.368. The zero-order chi connectivity index (χ0) is 17.6. The lowest BCUT2D eigenvalue weighted by Crippen LogP contribution is -2.42. The molecule has 6 heteroatoms. The molecule has 0 atom stereocenters. The van der Waals surface area contributed by atoms with E-state index < -0.39 is 0 Å². The van der Waals surface area contributed by atoms with Crippen molar-refractivity contribution < 1.29 is 9.90 Å². The number of aromatic nitrogens is 2. The third-order valence-electron chi connectivity index (χ3n) is 4.57. The molecule has 0 bridgehead atoms. The summed E-state index contributed by atoms with van der Waals surface area (Å²) in [6.07, 6.45) is 6.57. The van der Waals surface area contributed by atoms with Crippen molar-refractivity contribution in [3.63, 3.8) is 0 Å². The summed E-state index contributed by atoms with van der Waals surface area (Å²) < 4.78 is 0. The summed E-state index contributed by atoms with van der Waals surface area (Å²) in [6, 6.07) is 7.20. The number of urea groups is 1. The Balaban J connectivity index is 1.43. The number of phenols is 1. The predicted octanol–water partition coefficient (Wildman–Crippen LogP) is 2.86. The fourth-order valence-corrected chi connectivity index (χ4v) is 3.00. The Morgan fingerprint density at radius 3 is 2.80 bits per heavy atom. The van der Waals surface area contributed by atoms with Crippen LogP contribution in [0.3, 0.4) is 0 Å². The monoisotopic (exact) mass is 340 g/mol. The van der Waals surface area contributed by atoms with Crippen molar-refractivity contribution in [2.75, 3.05) is 19.6 Å². The molecule has 2 aromatic rings. The SMILES string of the molecule is Cc1[nH]ncc1CCCNC(=O)N1CC=C(c2ccc(O)cc2)CC1. The Labute approximate surface area is 147 Å². The van der Waals surface area contributed by atoms with Crippen LogP contribution in [0.2, 0.25) is 0 Å². The quantitative estimate of drug-likeness (QED) is 0.732. The maximum absolute atomic E-state index is 12.2. The van der Waals surface area contributed by atoms with E-state index in [2.05, 4.69) is 21.6 Å². The minimum absolute atomic E-state index is 0.00933. The van der Waals surface area contributed by atoms with Crippen LogP contribution in [0.1, 0.15) is 29.7 Å². The number of phenolic OH excluding ortho intramolecular Hbond substituents is 1. The highest BCUT2D eigenvalue weighted by Crippen LogP contribution is 2.23. The van der Waals surface area contributed by atoms with E-state index in [1.165, 1.54) is 11.1 Å². The van der Waals surface area contributed by atoms with Crippen LogP contribution in [0.4, 0.5) is 4.79 Å². The highest BCUT2D eigenvalue weighted by molar-refractivity contribution is 5.76. The van der Waals surface area contributed by atoms with Crippen molar-refractivity contribution in [1.82, 2.24) is 20.4 Å². The molecule has 0 aliphatic carbocycles. The summed E-state index contributed by atoms with van der Waals surface area (Å²) in [7, 11) is 0. The smallest absolute Gasteiger partial charge is 0.317 e. The van der Waals surface area contributed by atoms with Crippen LogP contribution in [0.5, 0.6) is 5.75 Å². The van der Waals surface area contributed by atoms with E-state index in [0.717, 1.165) is 30.5 Å². The molecule has 0 saturated carbocycles. The molecular weight excluding hydrogens is 316 g/mol. The van der Waals surface area contributed by atoms with Gasteiger partial charge in [-0.1, -0.05) is 18.2 Å². The number of H-pyrrole nitrogens is 1. The number of nitrogens with one attached hydrogen (secondary N) is 2. The zero-order valence-electron chi connectivity index (χ0n) is 14.5. The first-order valence-electron chi connectivity index (χ1n) is 8.63. The molecule has 1 aromatic heterocycles. The number of nitrogens with zero attached hydrogens (tertiary/aromatic N) is 2. The van der Waals surface area contributed by atoms with E-state index >= 15 is 0 Å². The summed E-state index contributed by atoms with van der Waals surface area (Å²) in [6.45, 7) is 3.99. The number of hydrogen-bond donors (Lipinski definition) is 3. The van der Waals surface area contributed by atoms with Crippen molar-refractivity contribution in [2.24, 2.45) is 0 Å². The molecule has 6 nitrogen and oxygen atoms in total. The third-order valence-corrected chi connectivity index (χ3v) is 4.57. The molecule has 0 radical (unpaired) electrons. The lowest BCUT2D eigenvalue weighted by molar-refractivity contribution is 0.203. The number of aryl methyl sites for hydroxylation is 2. The summed E-state index contributed by atoms with van der Waals surface area (Å²) in [4.78, 5) is 14.1. The zero-order valence-corrected chi connectivity index (χ0v) is 14.5. The Morgan fingerprint density at radius 2 is 2.16 bits per heavy atom. The molecule has 0 fully saturated rings. The highest BCUT2D eigenvalue weighted by Gasteiger charge is 2.17. The minimum Gasteiger partial charge on any atom is -0.508 e. The van der Waals surface area contributed by atoms with Crippen molar-refractivity contribution in [1.29, 1.82) is 0 Å². The summed E-state index contributed by atoms with van der Waals surface area (Å²) >= 11 is 0. The average molecular weight is 340 g/mol. The van der Waals surface area contributed by atoms with Crippen LogP contribution in [-0.4, -0.2) is 45.9 Å². The Kier molecular flexibility index (Phi) is 5.38. The van der Waals surface area contributed by atoms with Gasteiger partial charge in [0.15, 0.2) is 0 Å². The molecule has 0 saturated heterocycles. The number of carbonyl (C=O) groups is 1. The summed E-state index contributed by atoms with van der Waals surface area (Å²) in [5.74, 6) is 0.270. The second-order valence-corrected chi connectivity index (χ2v) is 6.33. The van der Waals surface area contributed by atoms with Crippen LogP contribution in [0, 0.1) is 6.92 Å². The van der Waals surface area contributed by atoms with Gasteiger partial charge in [0.05, 0.1) is 6.20 Å². The number of carbonyl (C=O) groups excluding carboxylic acids is 1. The molecular formula is C19H24N4O2. The number of hydrogen-bond acceptors (Lipinski definition) is 3. The second kappa shape index (κ2) is 7.88. The first-order valence-corrected chi connectivity index (χ1v) is 8.63. The largest absolute Gasteiger partial charge is 0.508 e. The van der Waals surface area contributed by atoms with Gasteiger partial charge in [-0.05, 0) is 55.0 Å². The van der Waals surface area contributed by atoms with E-state index in [1.807, 2.05) is 30.2 Å². The van der Waals surface area contributed by atoms with Gasteiger partial charge in [-0.3, -0.25) is 5.10 Å². The fourth-order valence-electron chi connectivity index (χ4n) is 3.00. The van der Waals surface area contributed by atoms with Gasteiger partial charge in [0.1, 0.15) is 5.75 Å². The maximum atomic E-state index is 12.2. The van der Waals surface area contributed by atoms with Crippen LogP contribution >= 0.6 is 0 Å². The first-order chi connectivity index (χ1) is 12.1. The number of aromatic hydroxyl groups is 1. The number of rotatable bonds is 5. The standard InChI is InChI=1S/C19H24N4O2/c1-14-17(13-21-22-14)3-2-10-20-19(25)23-11-8-16(9-12-23)15-4-6-18(24)7-5-15/h4-8,13,24H,2-3,9-12H2,1H3,(H,20,25)(H,21,22). The van der Waals surface area contributed by atoms with Gasteiger partial charge < -0.3 is 15.3 Å². The third kappa shape index (κ3) is 4.41. The van der Waals surface area contributed by atoms with Crippen molar-refractivity contribution >= 4 is 11.6 Å². The minimum atomic E-state index is -0.00933. The second-order valence-electron chi connectivity index (χ2n) is 6.33. The highest BCUT2D eigenvalue weighted by atomic mass is 16.3. The molecule has 1 aliphatic heterocycles. The topological polar surface area (TPSA) is 81.2 Å². The Hall–Kier alpha value is -2.76. The lowest BCUT2D eigenvalue weighted by Gasteiger charge is -2.27. The Morgan fingerprint density at radius 1 is 1.36 bits per heavy atom. The van der Waals surface area contributed by atoms with Crippen LogP contribution in [0.15, 0.2) is 36.5 Å². The number of amides is 2. The number of aromatic amines is 1.